The van der Waals surface area contributed by atoms with E-state index in [0.29, 0.717) is 21.3 Å². The van der Waals surface area contributed by atoms with E-state index in [1.54, 1.807) is 44.3 Å². The number of thiazole rings is 1. The summed E-state index contributed by atoms with van der Waals surface area (Å²) in [5.74, 6) is -3.29. The van der Waals surface area contributed by atoms with Gasteiger partial charge in [0.1, 0.15) is 24.2 Å². The summed E-state index contributed by atoms with van der Waals surface area (Å²) in [6, 6.07) is 20.8. The molecular formula is C62H77N11O8S. The number of aryl methyl sites for hydroxylation is 2. The van der Waals surface area contributed by atoms with Crippen molar-refractivity contribution in [2.75, 3.05) is 25.5 Å². The monoisotopic (exact) mass is 1140 g/mol. The lowest BCUT2D eigenvalue weighted by molar-refractivity contribution is -0.147. The number of likely N-dealkylation sites (N-methyl/N-ethyl adjacent to an activating group) is 1. The molecule has 4 aromatic carbocycles. The summed E-state index contributed by atoms with van der Waals surface area (Å²) < 4.78 is 0.698. The number of fused-ring (bicyclic) bond motifs is 4. The van der Waals surface area contributed by atoms with Crippen LogP contribution in [-0.4, -0.2) is 118 Å². The second-order valence-electron chi connectivity index (χ2n) is 24.4. The number of anilines is 1. The minimum absolute atomic E-state index is 0.00756. The highest BCUT2D eigenvalue weighted by Gasteiger charge is 2.47. The quantitative estimate of drug-likeness (QED) is 0.0647. The zero-order valence-electron chi connectivity index (χ0n) is 48.1. The van der Waals surface area contributed by atoms with Crippen LogP contribution in [-0.2, 0) is 54.6 Å². The standard InChI is InChI=1S/C62H77N11O8S/c1-34(64-8)53(75)70-52(62(5,6)7)59(81)72-32-40-27-38(24-23-37(40)29-47(72)56(78)66-44-21-13-17-35-15-9-11-19-42(35)44)55(77)71-60-68-46-28-39(25-26-49(46)82-60)54(76)65-41-30-48(57(79)67-45-22-14-18-36-16-10-12-20-43(36)45)73(33-41)58(80)51(61(2,3)4)69-50(74)31-63/h9-12,15-16,19-20,23-28,34,41,44-45,47-48,51-52,64H,13-14,17-18,21-22,29-33,63H2,1-8H3,(H,65,76)(H,66,78)(H,67,79)(H,69,74)(H,70,75)(H,68,71,77)/t34-,41-,44+,45+,47-,48-,51+,52?/m0/s1. The van der Waals surface area contributed by atoms with Crippen LogP contribution >= 0.6 is 11.3 Å². The number of carbonyl (C=O) groups is 8. The molecule has 19 nitrogen and oxygen atoms in total. The van der Waals surface area contributed by atoms with E-state index in [4.69, 9.17) is 5.73 Å². The van der Waals surface area contributed by atoms with Gasteiger partial charge in [0.25, 0.3) is 11.8 Å². The number of nitrogens with one attached hydrogen (secondary N) is 7. The maximum Gasteiger partial charge on any atom is 0.257 e. The molecule has 0 radical (unpaired) electrons. The molecule has 1 aromatic heterocycles. The number of hydrogen-bond acceptors (Lipinski definition) is 12. The van der Waals surface area contributed by atoms with Gasteiger partial charge >= 0.3 is 0 Å². The van der Waals surface area contributed by atoms with Crippen molar-refractivity contribution in [3.63, 3.8) is 0 Å². The molecule has 9 N–H and O–H groups in total. The third kappa shape index (κ3) is 13.0. The second-order valence-corrected chi connectivity index (χ2v) is 25.5. The number of amides is 8. The van der Waals surface area contributed by atoms with Crippen LogP contribution in [0.25, 0.3) is 10.2 Å². The molecule has 20 heteroatoms. The predicted octanol–water partition coefficient (Wildman–Crippen LogP) is 5.52. The van der Waals surface area contributed by atoms with Crippen LogP contribution in [0.3, 0.4) is 0 Å². The van der Waals surface area contributed by atoms with Crippen LogP contribution in [0.1, 0.15) is 147 Å². The first-order valence-corrected chi connectivity index (χ1v) is 29.3. The minimum Gasteiger partial charge on any atom is -0.347 e. The minimum atomic E-state index is -1.00. The average molecular weight is 1140 g/mol. The van der Waals surface area contributed by atoms with Gasteiger partial charge in [0, 0.05) is 36.7 Å². The van der Waals surface area contributed by atoms with E-state index >= 15 is 0 Å². The summed E-state index contributed by atoms with van der Waals surface area (Å²) >= 11 is 1.22. The van der Waals surface area contributed by atoms with Crippen LogP contribution < -0.4 is 43.0 Å². The Morgan fingerprint density at radius 3 is 1.85 bits per heavy atom. The van der Waals surface area contributed by atoms with Gasteiger partial charge in [-0.3, -0.25) is 43.7 Å². The first-order chi connectivity index (χ1) is 39.0. The van der Waals surface area contributed by atoms with Crippen LogP contribution in [0.2, 0.25) is 0 Å². The fourth-order valence-corrected chi connectivity index (χ4v) is 12.6. The summed E-state index contributed by atoms with van der Waals surface area (Å²) in [5, 5.41) is 21.4. The number of benzene rings is 4. The third-order valence-electron chi connectivity index (χ3n) is 16.5. The van der Waals surface area contributed by atoms with Gasteiger partial charge in [0.15, 0.2) is 5.13 Å². The van der Waals surface area contributed by atoms with Crippen LogP contribution in [0, 0.1) is 10.8 Å². The molecule has 8 amide bonds. The number of hydrogen-bond donors (Lipinski definition) is 8. The molecule has 0 bridgehead atoms. The molecule has 0 saturated carbocycles. The van der Waals surface area contributed by atoms with Crippen molar-refractivity contribution >= 4 is 73.9 Å². The third-order valence-corrected chi connectivity index (χ3v) is 17.4. The Hall–Kier alpha value is -7.55. The lowest BCUT2D eigenvalue weighted by Gasteiger charge is -2.42. The van der Waals surface area contributed by atoms with E-state index in [1.165, 1.54) is 32.3 Å². The number of nitrogens with zero attached hydrogens (tertiary/aromatic N) is 3. The van der Waals surface area contributed by atoms with E-state index < -0.39 is 76.6 Å². The first kappa shape index (κ1) is 59.1. The van der Waals surface area contributed by atoms with Crippen LogP contribution in [0.15, 0.2) is 84.9 Å². The molecule has 9 rings (SSSR count). The number of rotatable bonds is 15. The van der Waals surface area contributed by atoms with Crippen molar-refractivity contribution < 1.29 is 38.4 Å². The Balaban J connectivity index is 0.910. The normalized spacial score (nSPS) is 20.7. The van der Waals surface area contributed by atoms with E-state index in [2.05, 4.69) is 54.3 Å². The lowest BCUT2D eigenvalue weighted by atomic mass is 9.83. The Morgan fingerprint density at radius 1 is 0.671 bits per heavy atom. The Labute approximate surface area is 483 Å². The molecule has 0 spiro atoms. The molecule has 2 aliphatic carbocycles. The molecule has 4 aliphatic rings. The highest BCUT2D eigenvalue weighted by Crippen LogP contribution is 2.35. The van der Waals surface area contributed by atoms with Gasteiger partial charge in [-0.05, 0) is 133 Å². The molecule has 434 valence electrons. The van der Waals surface area contributed by atoms with Gasteiger partial charge in [-0.15, -0.1) is 0 Å². The molecule has 8 atom stereocenters. The van der Waals surface area contributed by atoms with Crippen molar-refractivity contribution in [1.82, 2.24) is 46.7 Å². The average Bonchev–Trinajstić information content (AvgIpc) is 3.72. The number of nitrogens with two attached hydrogens (primary N) is 1. The van der Waals surface area contributed by atoms with E-state index in [-0.39, 0.29) is 73.0 Å². The van der Waals surface area contributed by atoms with Gasteiger partial charge < -0.3 is 47.4 Å². The highest BCUT2D eigenvalue weighted by atomic mass is 32.1. The van der Waals surface area contributed by atoms with E-state index in [1.807, 2.05) is 84.0 Å². The smallest absolute Gasteiger partial charge is 0.257 e. The van der Waals surface area contributed by atoms with Gasteiger partial charge in [-0.25, -0.2) is 4.98 Å². The molecule has 1 fully saturated rings. The summed E-state index contributed by atoms with van der Waals surface area (Å²) in [4.78, 5) is 120. The van der Waals surface area contributed by atoms with Gasteiger partial charge in [-0.2, -0.15) is 0 Å². The SMILES string of the molecule is CN[C@@H](C)C(=O)NC(C(=O)N1Cc2cc(C(=O)Nc3nc4cc(C(=O)N[C@H]5C[C@@H](C(=O)N[C@@H]6CCCc7ccccc76)N(C(=O)[C@@H](NC(=O)CN)C(C)(C)C)C5)ccc4s3)ccc2C[C@H]1C(=O)N[C@@H]1CCCc2ccccc21)C(C)(C)C. The molecule has 5 aromatic rings. The molecular weight excluding hydrogens is 1060 g/mol. The second kappa shape index (κ2) is 24.5. The Morgan fingerprint density at radius 2 is 1.24 bits per heavy atom. The predicted molar refractivity (Wildman–Crippen MR) is 314 cm³/mol. The fourth-order valence-electron chi connectivity index (χ4n) is 11.8. The van der Waals surface area contributed by atoms with Crippen molar-refractivity contribution in [2.45, 2.75) is 155 Å². The van der Waals surface area contributed by atoms with Crippen LogP contribution in [0.4, 0.5) is 5.13 Å². The largest absolute Gasteiger partial charge is 0.347 e. The van der Waals surface area contributed by atoms with Crippen LogP contribution in [0.5, 0.6) is 0 Å². The summed E-state index contributed by atoms with van der Waals surface area (Å²) in [6.45, 7) is 12.5. The summed E-state index contributed by atoms with van der Waals surface area (Å²) in [6.07, 6.45) is 5.44. The Kier molecular flexibility index (Phi) is 17.7. The van der Waals surface area contributed by atoms with E-state index in [9.17, 15) is 38.4 Å². The molecule has 82 heavy (non-hydrogen) atoms. The van der Waals surface area contributed by atoms with Crippen molar-refractivity contribution in [1.29, 1.82) is 0 Å². The summed E-state index contributed by atoms with van der Waals surface area (Å²) in [7, 11) is 1.67. The van der Waals surface area contributed by atoms with Gasteiger partial charge in [-0.1, -0.05) is 107 Å². The fraction of sp³-hybridized carbons (Fsp3) is 0.468. The zero-order valence-corrected chi connectivity index (χ0v) is 48.9. The van der Waals surface area contributed by atoms with Crippen molar-refractivity contribution in [3.8, 4) is 0 Å². The number of likely N-dealkylation sites (tertiary alicyclic amines) is 1. The summed E-state index contributed by atoms with van der Waals surface area (Å²) in [5.41, 5.74) is 11.1. The molecule has 2 aliphatic heterocycles. The maximum atomic E-state index is 14.9. The lowest BCUT2D eigenvalue weighted by Crippen LogP contribution is -2.62. The molecule has 1 saturated heterocycles. The molecule has 1 unspecified atom stereocenters. The van der Waals surface area contributed by atoms with Gasteiger partial charge in [0.2, 0.25) is 35.4 Å². The van der Waals surface area contributed by atoms with Gasteiger partial charge in [0.05, 0.1) is 34.9 Å². The van der Waals surface area contributed by atoms with Crippen molar-refractivity contribution in [3.05, 3.63) is 129 Å². The maximum absolute atomic E-state index is 14.9. The Bertz CT molecular complexity index is 3290. The van der Waals surface area contributed by atoms with Crippen molar-refractivity contribution in [2.24, 2.45) is 16.6 Å². The number of carbonyl (C=O) groups excluding carboxylic acids is 8. The zero-order chi connectivity index (χ0) is 58.8. The van der Waals surface area contributed by atoms with E-state index in [0.717, 1.165) is 55.2 Å². The highest BCUT2D eigenvalue weighted by molar-refractivity contribution is 7.22. The number of aromatic nitrogens is 1. The molecule has 3 heterocycles. The first-order valence-electron chi connectivity index (χ1n) is 28.5. The topological polar surface area (TPSA) is 266 Å².